The van der Waals surface area contributed by atoms with Gasteiger partial charge in [0.05, 0.1) is 0 Å². The van der Waals surface area contributed by atoms with Gasteiger partial charge in [0.2, 0.25) is 5.82 Å². The quantitative estimate of drug-likeness (QED) is 0.346. The number of rotatable bonds is 7. The van der Waals surface area contributed by atoms with Crippen LogP contribution in [0.2, 0.25) is 0 Å². The summed E-state index contributed by atoms with van der Waals surface area (Å²) in [6.45, 7) is 2.43. The number of hydrogen-bond donors (Lipinski definition) is 4. The zero-order valence-electron chi connectivity index (χ0n) is 11.0. The number of aliphatic hydroxyl groups excluding tert-OH is 1. The van der Waals surface area contributed by atoms with Crippen LogP contribution in [0.15, 0.2) is 6.07 Å². The fourth-order valence-electron chi connectivity index (χ4n) is 1.50. The summed E-state index contributed by atoms with van der Waals surface area (Å²) in [6.07, 6.45) is -3.16. The molecule has 6 nitrogen and oxygen atoms in total. The zero-order chi connectivity index (χ0) is 15.2. The Bertz CT molecular complexity index is 427. The van der Waals surface area contributed by atoms with E-state index in [9.17, 15) is 13.2 Å². The van der Waals surface area contributed by atoms with E-state index in [4.69, 9.17) is 10.9 Å². The van der Waals surface area contributed by atoms with Gasteiger partial charge in [-0.3, -0.25) is 0 Å². The number of hydrazine groups is 1. The molecule has 1 atom stereocenters. The van der Waals surface area contributed by atoms with E-state index < -0.39 is 12.0 Å². The van der Waals surface area contributed by atoms with Crippen LogP contribution in [0.25, 0.3) is 0 Å². The number of nitrogens with one attached hydrogen (secondary N) is 2. The van der Waals surface area contributed by atoms with Gasteiger partial charge in [0.1, 0.15) is 11.6 Å². The topological polar surface area (TPSA) is 96.1 Å². The molecule has 20 heavy (non-hydrogen) atoms. The van der Waals surface area contributed by atoms with Gasteiger partial charge in [-0.05, 0) is 18.8 Å². The largest absolute Gasteiger partial charge is 0.451 e. The molecule has 114 valence electrons. The Labute approximate surface area is 114 Å². The second-order valence-electron chi connectivity index (χ2n) is 4.46. The van der Waals surface area contributed by atoms with Gasteiger partial charge in [-0.2, -0.15) is 13.2 Å². The van der Waals surface area contributed by atoms with Crippen molar-refractivity contribution < 1.29 is 18.3 Å². The third-order valence-electron chi connectivity index (χ3n) is 2.62. The normalized spacial score (nSPS) is 13.1. The smallest absolute Gasteiger partial charge is 0.396 e. The van der Waals surface area contributed by atoms with E-state index >= 15 is 0 Å². The molecule has 1 unspecified atom stereocenters. The van der Waals surface area contributed by atoms with Crippen LogP contribution >= 0.6 is 0 Å². The van der Waals surface area contributed by atoms with Gasteiger partial charge in [0, 0.05) is 19.2 Å². The average molecular weight is 293 g/mol. The molecule has 0 aromatic carbocycles. The first-order valence-corrected chi connectivity index (χ1v) is 6.14. The summed E-state index contributed by atoms with van der Waals surface area (Å²) in [5.41, 5.74) is 2.07. The molecule has 5 N–H and O–H groups in total. The maximum Gasteiger partial charge on any atom is 0.451 e. The number of alkyl halides is 3. The number of aromatic nitrogens is 2. The van der Waals surface area contributed by atoms with Crippen molar-refractivity contribution in [1.82, 2.24) is 9.97 Å². The van der Waals surface area contributed by atoms with E-state index in [-0.39, 0.29) is 24.2 Å². The highest BCUT2D eigenvalue weighted by Gasteiger charge is 2.35. The van der Waals surface area contributed by atoms with Crippen LogP contribution in [0.5, 0.6) is 0 Å². The van der Waals surface area contributed by atoms with Crippen LogP contribution in [0.1, 0.15) is 25.6 Å². The SMILES string of the molecule is CC(CO)CCCNc1cc(NN)nc(C(F)(F)F)n1. The third kappa shape index (κ3) is 5.17. The van der Waals surface area contributed by atoms with Crippen molar-refractivity contribution in [3.05, 3.63) is 11.9 Å². The predicted octanol–water partition coefficient (Wildman–Crippen LogP) is 1.60. The van der Waals surface area contributed by atoms with Gasteiger partial charge in [-0.25, -0.2) is 15.8 Å². The third-order valence-corrected chi connectivity index (χ3v) is 2.62. The van der Waals surface area contributed by atoms with Crippen LogP contribution in [0, 0.1) is 5.92 Å². The fraction of sp³-hybridized carbons (Fsp3) is 0.636. The molecular formula is C11H18F3N5O. The predicted molar refractivity (Wildman–Crippen MR) is 68.8 cm³/mol. The van der Waals surface area contributed by atoms with E-state index in [2.05, 4.69) is 20.7 Å². The lowest BCUT2D eigenvalue weighted by Gasteiger charge is -2.12. The Morgan fingerprint density at radius 2 is 2.00 bits per heavy atom. The molecule has 0 radical (unpaired) electrons. The summed E-state index contributed by atoms with van der Waals surface area (Å²) in [6, 6.07) is 1.30. The molecule has 1 aromatic heterocycles. The van der Waals surface area contributed by atoms with Gasteiger partial charge in [0.25, 0.3) is 0 Å². The molecule has 0 fully saturated rings. The van der Waals surface area contributed by atoms with Gasteiger partial charge < -0.3 is 15.8 Å². The fourth-order valence-corrected chi connectivity index (χ4v) is 1.50. The standard InChI is InChI=1S/C11H18F3N5O/c1-7(6-20)3-2-4-16-8-5-9(19-15)18-10(17-8)11(12,13)14/h5,7,20H,2-4,6,15H2,1H3,(H2,16,17,18,19). The van der Waals surface area contributed by atoms with E-state index in [0.717, 1.165) is 6.42 Å². The van der Waals surface area contributed by atoms with Gasteiger partial charge in [-0.1, -0.05) is 6.92 Å². The summed E-state index contributed by atoms with van der Waals surface area (Å²) in [5.74, 6) is 3.93. The first kappa shape index (κ1) is 16.4. The number of nitrogen functional groups attached to an aromatic ring is 1. The molecule has 0 aliphatic rings. The van der Waals surface area contributed by atoms with E-state index in [1.165, 1.54) is 6.07 Å². The molecule has 0 spiro atoms. The summed E-state index contributed by atoms with van der Waals surface area (Å²) in [7, 11) is 0. The Morgan fingerprint density at radius 1 is 1.35 bits per heavy atom. The highest BCUT2D eigenvalue weighted by molar-refractivity contribution is 5.47. The molecule has 0 saturated carbocycles. The summed E-state index contributed by atoms with van der Waals surface area (Å²) in [5, 5.41) is 11.6. The molecular weight excluding hydrogens is 275 g/mol. The average Bonchev–Trinajstić information content (AvgIpc) is 2.41. The van der Waals surface area contributed by atoms with Crippen LogP contribution < -0.4 is 16.6 Å². The Morgan fingerprint density at radius 3 is 2.55 bits per heavy atom. The number of hydrogen-bond acceptors (Lipinski definition) is 6. The minimum Gasteiger partial charge on any atom is -0.396 e. The van der Waals surface area contributed by atoms with Crippen molar-refractivity contribution in [2.24, 2.45) is 11.8 Å². The van der Waals surface area contributed by atoms with E-state index in [0.29, 0.717) is 13.0 Å². The highest BCUT2D eigenvalue weighted by Crippen LogP contribution is 2.28. The van der Waals surface area contributed by atoms with Crippen LogP contribution in [-0.4, -0.2) is 28.2 Å². The number of anilines is 2. The lowest BCUT2D eigenvalue weighted by Crippen LogP contribution is -2.17. The molecule has 0 amide bonds. The first-order valence-electron chi connectivity index (χ1n) is 6.14. The van der Waals surface area contributed by atoms with Crippen molar-refractivity contribution in [2.45, 2.75) is 25.9 Å². The minimum atomic E-state index is -4.63. The molecule has 1 aromatic rings. The molecule has 9 heteroatoms. The minimum absolute atomic E-state index is 0.0527. The van der Waals surface area contributed by atoms with Gasteiger partial charge in [0.15, 0.2) is 0 Å². The van der Waals surface area contributed by atoms with Gasteiger partial charge in [-0.15, -0.1) is 0 Å². The van der Waals surface area contributed by atoms with Crippen molar-refractivity contribution in [3.63, 3.8) is 0 Å². The molecule has 0 aliphatic carbocycles. The molecule has 0 bridgehead atoms. The monoisotopic (exact) mass is 293 g/mol. The summed E-state index contributed by atoms with van der Waals surface area (Å²) < 4.78 is 37.7. The maximum absolute atomic E-state index is 12.6. The molecule has 0 saturated heterocycles. The Kier molecular flexibility index (Phi) is 5.96. The molecule has 0 aliphatic heterocycles. The maximum atomic E-state index is 12.6. The molecule has 1 rings (SSSR count). The van der Waals surface area contributed by atoms with Crippen LogP contribution in [-0.2, 0) is 6.18 Å². The highest BCUT2D eigenvalue weighted by atomic mass is 19.4. The Hall–Kier alpha value is -1.61. The summed E-state index contributed by atoms with van der Waals surface area (Å²) >= 11 is 0. The van der Waals surface area contributed by atoms with Crippen molar-refractivity contribution in [2.75, 3.05) is 23.9 Å². The number of aliphatic hydroxyl groups is 1. The van der Waals surface area contributed by atoms with Crippen molar-refractivity contribution >= 4 is 11.6 Å². The Balaban J connectivity index is 2.65. The zero-order valence-corrected chi connectivity index (χ0v) is 11.0. The van der Waals surface area contributed by atoms with E-state index in [1.807, 2.05) is 6.92 Å². The molecule has 1 heterocycles. The van der Waals surface area contributed by atoms with Crippen LogP contribution in [0.4, 0.5) is 24.8 Å². The first-order chi connectivity index (χ1) is 9.36. The number of nitrogens with zero attached hydrogens (tertiary/aromatic N) is 2. The lowest BCUT2D eigenvalue weighted by molar-refractivity contribution is -0.144. The van der Waals surface area contributed by atoms with Crippen molar-refractivity contribution in [1.29, 1.82) is 0 Å². The van der Waals surface area contributed by atoms with E-state index in [1.54, 1.807) is 0 Å². The lowest BCUT2D eigenvalue weighted by atomic mass is 10.1. The number of halogens is 3. The summed E-state index contributed by atoms with van der Waals surface area (Å²) in [4.78, 5) is 6.64. The van der Waals surface area contributed by atoms with Crippen LogP contribution in [0.3, 0.4) is 0 Å². The number of nitrogens with two attached hydrogens (primary N) is 1. The second-order valence-corrected chi connectivity index (χ2v) is 4.46. The van der Waals surface area contributed by atoms with Gasteiger partial charge >= 0.3 is 6.18 Å². The van der Waals surface area contributed by atoms with Crippen molar-refractivity contribution in [3.8, 4) is 0 Å². The second kappa shape index (κ2) is 7.25.